The first-order chi connectivity index (χ1) is 10.5. The Hall–Kier alpha value is -2.64. The Labute approximate surface area is 126 Å². The van der Waals surface area contributed by atoms with E-state index in [0.29, 0.717) is 17.8 Å². The van der Waals surface area contributed by atoms with Crippen LogP contribution in [-0.4, -0.2) is 40.1 Å². The monoisotopic (exact) mass is 309 g/mol. The molecule has 0 bridgehead atoms. The van der Waals surface area contributed by atoms with Crippen LogP contribution in [0.25, 0.3) is 11.0 Å². The van der Waals surface area contributed by atoms with Gasteiger partial charge in [0, 0.05) is 30.7 Å². The Balaban J connectivity index is 2.12. The van der Waals surface area contributed by atoms with Gasteiger partial charge in [-0.2, -0.15) is 0 Å². The quantitative estimate of drug-likeness (QED) is 0.847. The standard InChI is InChI=1S/C14H16FN3O4/c1-3-17(2)14(20)21-10-4-5-12-11(8-10)16-9-18(12)7-6-13(19)22-15/h4-5,8-9H,3,6-7H2,1-2H3. The Morgan fingerprint density at radius 2 is 2.18 bits per heavy atom. The number of carbonyl (C=O) groups is 2. The Morgan fingerprint density at radius 1 is 1.41 bits per heavy atom. The molecule has 0 N–H and O–H groups in total. The van der Waals surface area contributed by atoms with Crippen molar-refractivity contribution in [3.63, 3.8) is 0 Å². The summed E-state index contributed by atoms with van der Waals surface area (Å²) in [5.41, 5.74) is 1.35. The minimum Gasteiger partial charge on any atom is -0.410 e. The van der Waals surface area contributed by atoms with E-state index in [9.17, 15) is 14.1 Å². The second kappa shape index (κ2) is 6.88. The zero-order valence-electron chi connectivity index (χ0n) is 12.3. The van der Waals surface area contributed by atoms with Crippen LogP contribution in [0, 0.1) is 0 Å². The molecule has 0 aliphatic rings. The molecule has 0 saturated carbocycles. The number of halogens is 1. The molecule has 0 aliphatic heterocycles. The molecule has 0 atom stereocenters. The molecule has 1 aromatic carbocycles. The van der Waals surface area contributed by atoms with Gasteiger partial charge in [-0.3, -0.25) is 4.94 Å². The molecule has 0 saturated heterocycles. The van der Waals surface area contributed by atoms with Crippen molar-refractivity contribution < 1.29 is 23.8 Å². The van der Waals surface area contributed by atoms with Gasteiger partial charge in [-0.25, -0.2) is 14.6 Å². The predicted octanol–water partition coefficient (Wildman–Crippen LogP) is 2.30. The van der Waals surface area contributed by atoms with Crippen LogP contribution in [0.5, 0.6) is 5.75 Å². The smallest absolute Gasteiger partial charge is 0.410 e. The zero-order chi connectivity index (χ0) is 16.1. The van der Waals surface area contributed by atoms with Crippen LogP contribution in [0.4, 0.5) is 9.32 Å². The molecule has 2 rings (SSSR count). The second-order valence-electron chi connectivity index (χ2n) is 4.67. The van der Waals surface area contributed by atoms with Crippen molar-refractivity contribution >= 4 is 23.1 Å². The van der Waals surface area contributed by atoms with Crippen molar-refractivity contribution in [3.05, 3.63) is 24.5 Å². The molecule has 0 spiro atoms. The van der Waals surface area contributed by atoms with Crippen molar-refractivity contribution in [2.24, 2.45) is 0 Å². The summed E-state index contributed by atoms with van der Waals surface area (Å²) in [5, 5.41) is 0. The lowest BCUT2D eigenvalue weighted by atomic mass is 10.3. The van der Waals surface area contributed by atoms with Crippen molar-refractivity contribution in [1.29, 1.82) is 0 Å². The maximum atomic E-state index is 11.7. The summed E-state index contributed by atoms with van der Waals surface area (Å²) in [7, 11) is 1.64. The average Bonchev–Trinajstić information content (AvgIpc) is 2.93. The third-order valence-corrected chi connectivity index (χ3v) is 3.23. The van der Waals surface area contributed by atoms with Crippen molar-refractivity contribution in [3.8, 4) is 5.75 Å². The highest BCUT2D eigenvalue weighted by atomic mass is 19.3. The van der Waals surface area contributed by atoms with Crippen LogP contribution in [0.1, 0.15) is 13.3 Å². The number of aryl methyl sites for hydroxylation is 1. The first kappa shape index (κ1) is 15.7. The van der Waals surface area contributed by atoms with Crippen LogP contribution < -0.4 is 4.74 Å². The Morgan fingerprint density at radius 3 is 2.86 bits per heavy atom. The lowest BCUT2D eigenvalue weighted by molar-refractivity contribution is -0.183. The number of aromatic nitrogens is 2. The van der Waals surface area contributed by atoms with Crippen LogP contribution in [-0.2, 0) is 16.3 Å². The number of benzene rings is 1. The maximum Gasteiger partial charge on any atom is 0.414 e. The Bertz CT molecular complexity index is 686. The maximum absolute atomic E-state index is 11.7. The molecule has 118 valence electrons. The molecule has 1 amide bonds. The number of ether oxygens (including phenoxy) is 1. The van der Waals surface area contributed by atoms with Crippen LogP contribution >= 0.6 is 0 Å². The largest absolute Gasteiger partial charge is 0.414 e. The van der Waals surface area contributed by atoms with E-state index in [2.05, 4.69) is 9.93 Å². The molecular weight excluding hydrogens is 293 g/mol. The lowest BCUT2D eigenvalue weighted by Gasteiger charge is -2.14. The van der Waals surface area contributed by atoms with E-state index in [1.807, 2.05) is 6.92 Å². The van der Waals surface area contributed by atoms with Gasteiger partial charge in [0.1, 0.15) is 5.75 Å². The van der Waals surface area contributed by atoms with Crippen molar-refractivity contribution in [2.75, 3.05) is 13.6 Å². The van der Waals surface area contributed by atoms with E-state index in [0.717, 1.165) is 5.52 Å². The molecule has 0 aliphatic carbocycles. The fraction of sp³-hybridized carbons (Fsp3) is 0.357. The summed E-state index contributed by atoms with van der Waals surface area (Å²) in [4.78, 5) is 31.2. The lowest BCUT2D eigenvalue weighted by Crippen LogP contribution is -2.29. The summed E-state index contributed by atoms with van der Waals surface area (Å²) in [6.07, 6.45) is 0.979. The molecule has 1 aromatic heterocycles. The van der Waals surface area contributed by atoms with Gasteiger partial charge in [0.25, 0.3) is 0 Å². The van der Waals surface area contributed by atoms with Gasteiger partial charge < -0.3 is 14.2 Å². The van der Waals surface area contributed by atoms with Crippen LogP contribution in [0.2, 0.25) is 0 Å². The normalized spacial score (nSPS) is 10.5. The number of hydrogen-bond acceptors (Lipinski definition) is 5. The number of rotatable bonds is 5. The van der Waals surface area contributed by atoms with Crippen LogP contribution in [0.3, 0.4) is 0 Å². The van der Waals surface area contributed by atoms with Gasteiger partial charge in [-0.1, -0.05) is 0 Å². The van der Waals surface area contributed by atoms with Gasteiger partial charge >= 0.3 is 12.1 Å². The molecule has 7 nitrogen and oxygen atoms in total. The summed E-state index contributed by atoms with van der Waals surface area (Å²) in [6.45, 7) is 2.63. The van der Waals surface area contributed by atoms with E-state index < -0.39 is 12.1 Å². The molecule has 0 unspecified atom stereocenters. The first-order valence-corrected chi connectivity index (χ1v) is 6.74. The molecule has 2 aromatic rings. The number of nitrogens with zero attached hydrogens (tertiary/aromatic N) is 3. The molecule has 22 heavy (non-hydrogen) atoms. The molecular formula is C14H16FN3O4. The average molecular weight is 309 g/mol. The molecule has 8 heteroatoms. The third kappa shape index (κ3) is 3.51. The van der Waals surface area contributed by atoms with E-state index in [4.69, 9.17) is 4.74 Å². The highest BCUT2D eigenvalue weighted by Gasteiger charge is 2.11. The number of fused-ring (bicyclic) bond motifs is 1. The van der Waals surface area contributed by atoms with Crippen molar-refractivity contribution in [2.45, 2.75) is 19.9 Å². The molecule has 1 heterocycles. The van der Waals surface area contributed by atoms with Gasteiger partial charge in [-0.15, -0.1) is 0 Å². The minimum atomic E-state index is -0.935. The second-order valence-corrected chi connectivity index (χ2v) is 4.67. The fourth-order valence-electron chi connectivity index (χ4n) is 1.84. The number of amides is 1. The van der Waals surface area contributed by atoms with E-state index in [-0.39, 0.29) is 13.0 Å². The Kier molecular flexibility index (Phi) is 4.92. The van der Waals surface area contributed by atoms with Crippen molar-refractivity contribution in [1.82, 2.24) is 14.5 Å². The molecule has 0 fully saturated rings. The van der Waals surface area contributed by atoms with E-state index in [1.165, 1.54) is 11.2 Å². The topological polar surface area (TPSA) is 73.7 Å². The number of imidazole rings is 1. The van der Waals surface area contributed by atoms with E-state index in [1.54, 1.807) is 29.8 Å². The summed E-state index contributed by atoms with van der Waals surface area (Å²) >= 11 is 0. The highest BCUT2D eigenvalue weighted by Crippen LogP contribution is 2.20. The highest BCUT2D eigenvalue weighted by molar-refractivity contribution is 5.79. The predicted molar refractivity (Wildman–Crippen MR) is 75.9 cm³/mol. The van der Waals surface area contributed by atoms with Crippen LogP contribution in [0.15, 0.2) is 24.5 Å². The number of hydrogen-bond donors (Lipinski definition) is 0. The number of carbonyl (C=O) groups excluding carboxylic acids is 2. The summed E-state index contributed by atoms with van der Waals surface area (Å²) in [5.74, 6) is -0.554. The molecule has 0 radical (unpaired) electrons. The summed E-state index contributed by atoms with van der Waals surface area (Å²) < 4.78 is 18.6. The minimum absolute atomic E-state index is 0.0972. The van der Waals surface area contributed by atoms with Gasteiger partial charge in [0.2, 0.25) is 0 Å². The van der Waals surface area contributed by atoms with Gasteiger partial charge in [0.15, 0.2) is 0 Å². The SMILES string of the molecule is CCN(C)C(=O)Oc1ccc2c(c1)ncn2CCC(=O)OF. The zero-order valence-corrected chi connectivity index (χ0v) is 12.3. The van der Waals surface area contributed by atoms with Gasteiger partial charge in [0.05, 0.1) is 23.8 Å². The third-order valence-electron chi connectivity index (χ3n) is 3.23. The summed E-state index contributed by atoms with van der Waals surface area (Å²) in [6, 6.07) is 4.98. The van der Waals surface area contributed by atoms with E-state index >= 15 is 0 Å². The van der Waals surface area contributed by atoms with Gasteiger partial charge in [-0.05, 0) is 19.1 Å². The first-order valence-electron chi connectivity index (χ1n) is 6.74. The fourth-order valence-corrected chi connectivity index (χ4v) is 1.84.